The van der Waals surface area contributed by atoms with Crippen molar-refractivity contribution in [1.82, 2.24) is 9.88 Å². The van der Waals surface area contributed by atoms with Crippen molar-refractivity contribution in [3.63, 3.8) is 0 Å². The Kier molecular flexibility index (Phi) is 11.1. The lowest BCUT2D eigenvalue weighted by atomic mass is 9.59. The molecule has 7 rings (SSSR count). The van der Waals surface area contributed by atoms with Crippen LogP contribution < -0.4 is 14.8 Å². The molecule has 4 aliphatic rings. The number of carbonyl (C=O) groups is 1. The highest BCUT2D eigenvalue weighted by Gasteiger charge is 2.54. The molecule has 1 aliphatic heterocycles. The molecule has 3 aliphatic carbocycles. The fraction of sp³-hybridized carbons (Fsp3) is 0.561. The number of halogens is 2. The molecule has 1 saturated heterocycles. The SMILES string of the molecule is C[C@@H](COc1ccnc2c1[C@H](C)CCC2)C[C@H]1Cc2cc(Cl)c(OCCN3CCOCC3)cc2C12CCC(Nc1cccc(Cl)c1)(C(=O)O)CC2. The zero-order chi connectivity index (χ0) is 35.6. The normalized spacial score (nSPS) is 26.7. The molecular weight excluding hydrogens is 685 g/mol. The van der Waals surface area contributed by atoms with E-state index in [1.165, 1.54) is 35.2 Å². The van der Waals surface area contributed by atoms with Gasteiger partial charge in [0.05, 0.1) is 24.8 Å². The Morgan fingerprint density at radius 1 is 1.10 bits per heavy atom. The Bertz CT molecular complexity index is 1700. The topological polar surface area (TPSA) is 93.2 Å². The van der Waals surface area contributed by atoms with Gasteiger partial charge in [0.1, 0.15) is 23.6 Å². The van der Waals surface area contributed by atoms with Crippen LogP contribution in [0.3, 0.4) is 0 Å². The molecule has 3 aromatic rings. The number of fused-ring (bicyclic) bond motifs is 3. The number of nitrogens with zero attached hydrogens (tertiary/aromatic N) is 2. The molecule has 0 amide bonds. The van der Waals surface area contributed by atoms with Crippen molar-refractivity contribution in [2.24, 2.45) is 11.8 Å². The number of hydrogen-bond acceptors (Lipinski definition) is 7. The molecule has 3 atom stereocenters. The predicted molar refractivity (Wildman–Crippen MR) is 202 cm³/mol. The van der Waals surface area contributed by atoms with Crippen molar-refractivity contribution in [3.05, 3.63) is 81.1 Å². The summed E-state index contributed by atoms with van der Waals surface area (Å²) in [5.41, 5.74) is 4.42. The number of carboxylic acids is 1. The number of aryl methyl sites for hydroxylation is 1. The average Bonchev–Trinajstić information content (AvgIpc) is 3.39. The van der Waals surface area contributed by atoms with E-state index in [9.17, 15) is 9.90 Å². The molecule has 0 unspecified atom stereocenters. The number of rotatable bonds is 12. The van der Waals surface area contributed by atoms with Crippen LogP contribution in [0.5, 0.6) is 11.5 Å². The Balaban J connectivity index is 1.12. The number of carboxylic acid groups (broad SMARTS) is 1. The van der Waals surface area contributed by atoms with Gasteiger partial charge >= 0.3 is 5.97 Å². The first-order valence-electron chi connectivity index (χ1n) is 18.8. The minimum Gasteiger partial charge on any atom is -0.493 e. The van der Waals surface area contributed by atoms with Gasteiger partial charge in [0.2, 0.25) is 0 Å². The summed E-state index contributed by atoms with van der Waals surface area (Å²) in [7, 11) is 0. The van der Waals surface area contributed by atoms with Gasteiger partial charge in [-0.2, -0.15) is 0 Å². The molecule has 1 spiro atoms. The van der Waals surface area contributed by atoms with Crippen LogP contribution in [0.2, 0.25) is 10.0 Å². The molecule has 0 bridgehead atoms. The van der Waals surface area contributed by atoms with E-state index in [0.29, 0.717) is 59.6 Å². The maximum absolute atomic E-state index is 13.0. The summed E-state index contributed by atoms with van der Waals surface area (Å²) < 4.78 is 18.5. The summed E-state index contributed by atoms with van der Waals surface area (Å²) in [5.74, 6) is 1.92. The number of anilines is 1. The van der Waals surface area contributed by atoms with E-state index >= 15 is 0 Å². The largest absolute Gasteiger partial charge is 0.493 e. The Morgan fingerprint density at radius 2 is 1.90 bits per heavy atom. The van der Waals surface area contributed by atoms with Gasteiger partial charge in [-0.3, -0.25) is 9.88 Å². The molecule has 2 N–H and O–H groups in total. The Labute approximate surface area is 312 Å². The van der Waals surface area contributed by atoms with Crippen LogP contribution in [0, 0.1) is 11.8 Å². The van der Waals surface area contributed by atoms with E-state index in [1.54, 1.807) is 12.1 Å². The summed E-state index contributed by atoms with van der Waals surface area (Å²) in [6.07, 6.45) is 9.57. The molecule has 1 aromatic heterocycles. The fourth-order valence-corrected chi connectivity index (χ4v) is 9.76. The predicted octanol–water partition coefficient (Wildman–Crippen LogP) is 8.56. The molecule has 10 heteroatoms. The third-order valence-corrected chi connectivity index (χ3v) is 12.6. The fourth-order valence-electron chi connectivity index (χ4n) is 9.33. The number of morpholine rings is 1. The lowest BCUT2D eigenvalue weighted by Crippen LogP contribution is -2.53. The molecule has 2 heterocycles. The van der Waals surface area contributed by atoms with E-state index in [-0.39, 0.29) is 5.41 Å². The zero-order valence-corrected chi connectivity index (χ0v) is 31.4. The highest BCUT2D eigenvalue weighted by Crippen LogP contribution is 2.57. The van der Waals surface area contributed by atoms with Gasteiger partial charge in [-0.25, -0.2) is 4.79 Å². The van der Waals surface area contributed by atoms with Gasteiger partial charge in [0.15, 0.2) is 0 Å². The first-order valence-corrected chi connectivity index (χ1v) is 19.5. The van der Waals surface area contributed by atoms with E-state index in [2.05, 4.69) is 41.2 Å². The minimum absolute atomic E-state index is 0.199. The van der Waals surface area contributed by atoms with Crippen molar-refractivity contribution in [2.75, 3.05) is 51.4 Å². The second-order valence-electron chi connectivity index (χ2n) is 15.4. The smallest absolute Gasteiger partial charge is 0.329 e. The number of benzene rings is 2. The number of aromatic nitrogens is 1. The summed E-state index contributed by atoms with van der Waals surface area (Å²) in [5, 5.41) is 15.3. The van der Waals surface area contributed by atoms with Gasteiger partial charge in [0.25, 0.3) is 0 Å². The van der Waals surface area contributed by atoms with Crippen molar-refractivity contribution >= 4 is 34.9 Å². The molecule has 2 aromatic carbocycles. The molecule has 274 valence electrons. The number of nitrogens with one attached hydrogen (secondary N) is 1. The van der Waals surface area contributed by atoms with Crippen molar-refractivity contribution < 1.29 is 24.1 Å². The van der Waals surface area contributed by atoms with E-state index in [0.717, 1.165) is 76.4 Å². The number of pyridine rings is 1. The van der Waals surface area contributed by atoms with Crippen LogP contribution in [0.25, 0.3) is 0 Å². The quantitative estimate of drug-likeness (QED) is 0.191. The van der Waals surface area contributed by atoms with Crippen LogP contribution >= 0.6 is 23.2 Å². The minimum atomic E-state index is -1.08. The molecule has 0 radical (unpaired) electrons. The second kappa shape index (κ2) is 15.5. The third kappa shape index (κ3) is 7.71. The maximum Gasteiger partial charge on any atom is 0.329 e. The van der Waals surface area contributed by atoms with Crippen molar-refractivity contribution in [1.29, 1.82) is 0 Å². The number of ether oxygens (including phenoxy) is 3. The lowest BCUT2D eigenvalue weighted by Gasteiger charge is -2.47. The van der Waals surface area contributed by atoms with Gasteiger partial charge in [-0.05, 0) is 128 Å². The Hall–Kier alpha value is -3.04. The average molecular weight is 737 g/mol. The first kappa shape index (κ1) is 36.3. The van der Waals surface area contributed by atoms with Crippen LogP contribution in [0.15, 0.2) is 48.7 Å². The Morgan fingerprint density at radius 3 is 2.67 bits per heavy atom. The zero-order valence-electron chi connectivity index (χ0n) is 29.9. The molecule has 2 fully saturated rings. The standard InChI is InChI=1S/C41H51Cl2N3O5/c1-27(26-51-36-9-14-44-35-8-3-5-28(2)38(35)36)21-30-22-29-23-34(43)37(50-20-17-46-15-18-49-19-16-46)25-33(29)40(30)10-12-41(13-11-40,39(47)48)45-32-7-4-6-31(42)24-32/h4,6-7,9,14,23-25,27-28,30,45H,3,5,8,10-13,15-22,26H2,1-2H3,(H,47,48)/t27-,28-,30+,40?,41?/m1/s1. The van der Waals surface area contributed by atoms with Crippen LogP contribution in [-0.4, -0.2) is 72.6 Å². The number of aliphatic carboxylic acids is 1. The van der Waals surface area contributed by atoms with Crippen molar-refractivity contribution in [3.8, 4) is 11.5 Å². The van der Waals surface area contributed by atoms with Crippen LogP contribution in [0.1, 0.15) is 87.1 Å². The van der Waals surface area contributed by atoms with Crippen molar-refractivity contribution in [2.45, 2.75) is 88.5 Å². The second-order valence-corrected chi connectivity index (χ2v) is 16.3. The van der Waals surface area contributed by atoms with E-state index in [4.69, 9.17) is 37.4 Å². The molecule has 1 saturated carbocycles. The number of hydrogen-bond donors (Lipinski definition) is 2. The van der Waals surface area contributed by atoms with Crippen LogP contribution in [0.4, 0.5) is 5.69 Å². The van der Waals surface area contributed by atoms with Gasteiger partial charge < -0.3 is 24.6 Å². The monoisotopic (exact) mass is 735 g/mol. The van der Waals surface area contributed by atoms with Gasteiger partial charge in [-0.1, -0.05) is 43.1 Å². The van der Waals surface area contributed by atoms with Crippen LogP contribution in [-0.2, 0) is 27.8 Å². The molecule has 8 nitrogen and oxygen atoms in total. The maximum atomic E-state index is 13.0. The highest BCUT2D eigenvalue weighted by molar-refractivity contribution is 6.32. The summed E-state index contributed by atoms with van der Waals surface area (Å²) >= 11 is 13.2. The molecule has 51 heavy (non-hydrogen) atoms. The molecular formula is C41H51Cl2N3O5. The lowest BCUT2D eigenvalue weighted by molar-refractivity contribution is -0.144. The van der Waals surface area contributed by atoms with E-state index < -0.39 is 11.5 Å². The van der Waals surface area contributed by atoms with Gasteiger partial charge in [0, 0.05) is 47.8 Å². The van der Waals surface area contributed by atoms with E-state index in [1.807, 2.05) is 24.4 Å². The third-order valence-electron chi connectivity index (χ3n) is 12.1. The van der Waals surface area contributed by atoms with Gasteiger partial charge in [-0.15, -0.1) is 0 Å². The summed E-state index contributed by atoms with van der Waals surface area (Å²) in [6, 6.07) is 13.7. The first-order chi connectivity index (χ1) is 24.7. The summed E-state index contributed by atoms with van der Waals surface area (Å²) in [4.78, 5) is 20.0. The highest BCUT2D eigenvalue weighted by atomic mass is 35.5. The summed E-state index contributed by atoms with van der Waals surface area (Å²) in [6.45, 7) is 9.87.